The van der Waals surface area contributed by atoms with Crippen molar-refractivity contribution in [1.29, 1.82) is 0 Å². The Morgan fingerprint density at radius 2 is 2.32 bits per heavy atom. The second-order valence-corrected chi connectivity index (χ2v) is 5.41. The summed E-state index contributed by atoms with van der Waals surface area (Å²) in [7, 11) is 1.64. The summed E-state index contributed by atoms with van der Waals surface area (Å²) in [4.78, 5) is 14.0. The van der Waals surface area contributed by atoms with Crippen LogP contribution in [-0.4, -0.2) is 38.8 Å². The lowest BCUT2D eigenvalue weighted by molar-refractivity contribution is -0.124. The number of carbonyl (C=O) groups excluding carboxylic acids is 1. The second-order valence-electron chi connectivity index (χ2n) is 4.56. The molecule has 6 heteroatoms. The Kier molecular flexibility index (Phi) is 4.31. The third-order valence-corrected chi connectivity index (χ3v) is 3.96. The van der Waals surface area contributed by atoms with Crippen LogP contribution in [0, 0.1) is 6.92 Å². The van der Waals surface area contributed by atoms with E-state index in [1.54, 1.807) is 7.05 Å². The summed E-state index contributed by atoms with van der Waals surface area (Å²) < 4.78 is 6.30. The van der Waals surface area contributed by atoms with Crippen LogP contribution in [0.3, 0.4) is 0 Å². The van der Waals surface area contributed by atoms with E-state index >= 15 is 0 Å². The van der Waals surface area contributed by atoms with Crippen molar-refractivity contribution in [3.8, 4) is 0 Å². The normalized spacial score (nSPS) is 19.3. The largest absolute Gasteiger partial charge is 0.398 e. The average molecular weight is 328 g/mol. The minimum atomic E-state index is -0.307. The zero-order valence-corrected chi connectivity index (χ0v) is 12.7. The monoisotopic (exact) mass is 327 g/mol. The lowest BCUT2D eigenvalue weighted by Crippen LogP contribution is -2.53. The smallest absolute Gasteiger partial charge is 0.244 e. The van der Waals surface area contributed by atoms with Gasteiger partial charge in [0.15, 0.2) is 0 Å². The van der Waals surface area contributed by atoms with Crippen LogP contribution >= 0.6 is 15.9 Å². The first-order valence-electron chi connectivity index (χ1n) is 6.16. The van der Waals surface area contributed by atoms with E-state index in [1.807, 2.05) is 19.1 Å². The number of aryl methyl sites for hydroxylation is 1. The summed E-state index contributed by atoms with van der Waals surface area (Å²) in [5.41, 5.74) is 8.60. The maximum Gasteiger partial charge on any atom is 0.244 e. The van der Waals surface area contributed by atoms with Crippen LogP contribution in [0.4, 0.5) is 11.4 Å². The van der Waals surface area contributed by atoms with Crippen LogP contribution < -0.4 is 16.0 Å². The number of nitrogens with two attached hydrogens (primary N) is 1. The number of likely N-dealkylation sites (N-methyl/N-ethyl adjacent to an activating group) is 1. The molecular weight excluding hydrogens is 310 g/mol. The number of nitrogens with one attached hydrogen (secondary N) is 1. The molecule has 1 aromatic rings. The van der Waals surface area contributed by atoms with Gasteiger partial charge in [-0.05, 0) is 40.5 Å². The van der Waals surface area contributed by atoms with Gasteiger partial charge in [-0.3, -0.25) is 4.79 Å². The lowest BCUT2D eigenvalue weighted by Gasteiger charge is -2.36. The molecule has 2 rings (SSSR count). The molecule has 1 aliphatic rings. The van der Waals surface area contributed by atoms with Crippen LogP contribution in [-0.2, 0) is 9.53 Å². The summed E-state index contributed by atoms with van der Waals surface area (Å²) in [6.45, 7) is 3.65. The maximum atomic E-state index is 11.9. The van der Waals surface area contributed by atoms with Crippen molar-refractivity contribution in [2.75, 3.05) is 37.4 Å². The van der Waals surface area contributed by atoms with E-state index in [-0.39, 0.29) is 11.9 Å². The molecular formula is C13H18BrN3O2. The van der Waals surface area contributed by atoms with Crippen LogP contribution in [0.5, 0.6) is 0 Å². The summed E-state index contributed by atoms with van der Waals surface area (Å²) in [5.74, 6) is -0.0407. The highest BCUT2D eigenvalue weighted by molar-refractivity contribution is 9.10. The van der Waals surface area contributed by atoms with E-state index in [1.165, 1.54) is 0 Å². The highest BCUT2D eigenvalue weighted by Gasteiger charge is 2.30. The number of ether oxygens (including phenoxy) is 1. The molecule has 1 fully saturated rings. The molecule has 0 saturated carbocycles. The number of amides is 1. The highest BCUT2D eigenvalue weighted by Crippen LogP contribution is 2.32. The van der Waals surface area contributed by atoms with E-state index < -0.39 is 0 Å². The summed E-state index contributed by atoms with van der Waals surface area (Å²) >= 11 is 3.52. The molecule has 0 bridgehead atoms. The first-order chi connectivity index (χ1) is 9.04. The van der Waals surface area contributed by atoms with Gasteiger partial charge in [0.25, 0.3) is 0 Å². The first kappa shape index (κ1) is 14.1. The fourth-order valence-corrected chi connectivity index (χ4v) is 2.77. The van der Waals surface area contributed by atoms with Gasteiger partial charge in [-0.2, -0.15) is 0 Å². The predicted octanol–water partition coefficient (Wildman–Crippen LogP) is 1.29. The number of carbonyl (C=O) groups is 1. The van der Waals surface area contributed by atoms with E-state index in [2.05, 4.69) is 26.1 Å². The van der Waals surface area contributed by atoms with Crippen molar-refractivity contribution in [2.45, 2.75) is 13.0 Å². The third kappa shape index (κ3) is 2.84. The molecule has 0 aromatic heterocycles. The molecule has 1 aliphatic heterocycles. The predicted molar refractivity (Wildman–Crippen MR) is 79.3 cm³/mol. The van der Waals surface area contributed by atoms with Crippen molar-refractivity contribution in [3.63, 3.8) is 0 Å². The molecule has 19 heavy (non-hydrogen) atoms. The van der Waals surface area contributed by atoms with Gasteiger partial charge in [0.05, 0.1) is 18.9 Å². The Morgan fingerprint density at radius 1 is 1.58 bits per heavy atom. The Hall–Kier alpha value is -1.27. The summed E-state index contributed by atoms with van der Waals surface area (Å²) in [6, 6.07) is 3.57. The Balaban J connectivity index is 2.37. The number of anilines is 2. The van der Waals surface area contributed by atoms with Crippen LogP contribution in [0.15, 0.2) is 16.6 Å². The molecule has 0 aliphatic carbocycles. The number of rotatable bonds is 2. The zero-order valence-electron chi connectivity index (χ0n) is 11.1. The van der Waals surface area contributed by atoms with Crippen LogP contribution in [0.1, 0.15) is 5.56 Å². The second kappa shape index (κ2) is 5.79. The first-order valence-corrected chi connectivity index (χ1v) is 6.95. The molecule has 1 saturated heterocycles. The number of nitrogens with zero attached hydrogens (tertiary/aromatic N) is 1. The van der Waals surface area contributed by atoms with E-state index in [0.29, 0.717) is 19.8 Å². The van der Waals surface area contributed by atoms with E-state index in [9.17, 15) is 4.79 Å². The standard InChI is InChI=1S/C13H18BrN3O2/c1-8-5-11(9(14)6-10(8)15)17-3-4-19-7-12(17)13(18)16-2/h5-6,12H,3-4,7,15H2,1-2H3,(H,16,18). The molecule has 1 unspecified atom stereocenters. The number of morpholine rings is 1. The van der Waals surface area contributed by atoms with Crippen molar-refractivity contribution in [1.82, 2.24) is 5.32 Å². The number of hydrogen-bond acceptors (Lipinski definition) is 4. The van der Waals surface area contributed by atoms with Gasteiger partial charge in [0.2, 0.25) is 5.91 Å². The zero-order chi connectivity index (χ0) is 14.0. The molecule has 1 heterocycles. The minimum absolute atomic E-state index is 0.0407. The van der Waals surface area contributed by atoms with Gasteiger partial charge in [-0.25, -0.2) is 0 Å². The molecule has 104 valence electrons. The summed E-state index contributed by atoms with van der Waals surface area (Å²) in [5, 5.41) is 2.68. The van der Waals surface area contributed by atoms with Crippen LogP contribution in [0.25, 0.3) is 0 Å². The maximum absolute atomic E-state index is 11.9. The van der Waals surface area contributed by atoms with Crippen molar-refractivity contribution >= 4 is 33.2 Å². The lowest BCUT2D eigenvalue weighted by atomic mass is 10.1. The molecule has 1 atom stereocenters. The Labute approximate surface area is 121 Å². The van der Waals surface area contributed by atoms with Gasteiger partial charge in [-0.1, -0.05) is 0 Å². The SMILES string of the molecule is CNC(=O)C1COCCN1c1cc(C)c(N)cc1Br. The average Bonchev–Trinajstić information content (AvgIpc) is 2.42. The van der Waals surface area contributed by atoms with Crippen molar-refractivity contribution < 1.29 is 9.53 Å². The molecule has 5 nitrogen and oxygen atoms in total. The number of hydrogen-bond donors (Lipinski definition) is 2. The van der Waals surface area contributed by atoms with Gasteiger partial charge in [0, 0.05) is 23.8 Å². The quantitative estimate of drug-likeness (QED) is 0.803. The Bertz CT molecular complexity index is 493. The van der Waals surface area contributed by atoms with Crippen molar-refractivity contribution in [2.24, 2.45) is 0 Å². The Morgan fingerprint density at radius 3 is 3.00 bits per heavy atom. The van der Waals surface area contributed by atoms with Crippen molar-refractivity contribution in [3.05, 3.63) is 22.2 Å². The molecule has 1 aromatic carbocycles. The summed E-state index contributed by atoms with van der Waals surface area (Å²) in [6.07, 6.45) is 0. The fraction of sp³-hybridized carbons (Fsp3) is 0.462. The van der Waals surface area contributed by atoms with Gasteiger partial charge >= 0.3 is 0 Å². The minimum Gasteiger partial charge on any atom is -0.398 e. The fourth-order valence-electron chi connectivity index (χ4n) is 2.18. The highest BCUT2D eigenvalue weighted by atomic mass is 79.9. The molecule has 0 spiro atoms. The van der Waals surface area contributed by atoms with Gasteiger partial charge in [0.1, 0.15) is 6.04 Å². The van der Waals surface area contributed by atoms with E-state index in [4.69, 9.17) is 10.5 Å². The van der Waals surface area contributed by atoms with Gasteiger partial charge < -0.3 is 20.7 Å². The molecule has 3 N–H and O–H groups in total. The van der Waals surface area contributed by atoms with Gasteiger partial charge in [-0.15, -0.1) is 0 Å². The molecule has 0 radical (unpaired) electrons. The topological polar surface area (TPSA) is 67.6 Å². The third-order valence-electron chi connectivity index (χ3n) is 3.32. The number of benzene rings is 1. The number of nitrogen functional groups attached to an aromatic ring is 1. The van der Waals surface area contributed by atoms with E-state index in [0.717, 1.165) is 21.4 Å². The number of halogens is 1. The van der Waals surface area contributed by atoms with Crippen LogP contribution in [0.2, 0.25) is 0 Å². The molecule has 1 amide bonds.